The smallest absolute Gasteiger partial charge is 0.245 e. The van der Waals surface area contributed by atoms with Crippen LogP contribution in [0, 0.1) is 17.2 Å². The zero-order valence-electron chi connectivity index (χ0n) is 13.6. The molecule has 0 fully saturated rings. The number of nitrogens with one attached hydrogen (secondary N) is 1. The van der Waals surface area contributed by atoms with E-state index in [0.29, 0.717) is 5.39 Å². The molecule has 0 saturated heterocycles. The van der Waals surface area contributed by atoms with Gasteiger partial charge in [0.1, 0.15) is 5.69 Å². The summed E-state index contributed by atoms with van der Waals surface area (Å²) in [5.41, 5.74) is 1.80. The molecule has 0 aliphatic rings. The Labute approximate surface area is 144 Å². The Hall–Kier alpha value is -3.46. The summed E-state index contributed by atoms with van der Waals surface area (Å²) in [5.74, 6) is -2.64. The zero-order chi connectivity index (χ0) is 17.8. The lowest BCUT2D eigenvalue weighted by Crippen LogP contribution is -2.34. The van der Waals surface area contributed by atoms with Crippen molar-refractivity contribution in [3.63, 3.8) is 0 Å². The Morgan fingerprint density at radius 2 is 1.84 bits per heavy atom. The molecule has 1 N–H and O–H groups in total. The van der Waals surface area contributed by atoms with E-state index in [1.54, 1.807) is 29.9 Å². The molecule has 0 saturated carbocycles. The molecule has 0 spiro atoms. The Kier molecular flexibility index (Phi) is 4.57. The monoisotopic (exact) mass is 332 g/mol. The van der Waals surface area contributed by atoms with Crippen LogP contribution in [0.5, 0.6) is 0 Å². The maximum atomic E-state index is 12.7. The van der Waals surface area contributed by atoms with Crippen LogP contribution in [0.3, 0.4) is 0 Å². The number of hydrogen-bond donors (Lipinski definition) is 1. The van der Waals surface area contributed by atoms with Gasteiger partial charge in [0.05, 0.1) is 11.6 Å². The van der Waals surface area contributed by atoms with Crippen LogP contribution >= 0.6 is 0 Å². The number of ketones is 1. The molecule has 124 valence electrons. The first-order valence-electron chi connectivity index (χ1n) is 7.79. The van der Waals surface area contributed by atoms with Gasteiger partial charge in [-0.05, 0) is 11.6 Å². The van der Waals surface area contributed by atoms with Gasteiger partial charge in [0.15, 0.2) is 5.92 Å². The molecule has 1 atom stereocenters. The van der Waals surface area contributed by atoms with Crippen molar-refractivity contribution in [2.75, 3.05) is 0 Å². The molecule has 1 unspecified atom stereocenters. The van der Waals surface area contributed by atoms with E-state index in [-0.39, 0.29) is 12.2 Å². The Balaban J connectivity index is 1.81. The predicted molar refractivity (Wildman–Crippen MR) is 92.4 cm³/mol. The predicted octanol–water partition coefficient (Wildman–Crippen LogP) is 2.21. The summed E-state index contributed by atoms with van der Waals surface area (Å²) in [6.07, 6.45) is 0. The summed E-state index contributed by atoms with van der Waals surface area (Å²) in [6.45, 7) is 0.258. The highest BCUT2D eigenvalue weighted by Crippen LogP contribution is 2.20. The van der Waals surface area contributed by atoms with Crippen LogP contribution in [0.15, 0.2) is 54.6 Å². The van der Waals surface area contributed by atoms with Crippen molar-refractivity contribution >= 4 is 22.6 Å². The van der Waals surface area contributed by atoms with Crippen molar-refractivity contribution in [3.05, 3.63) is 65.9 Å². The summed E-state index contributed by atoms with van der Waals surface area (Å²) >= 11 is 0. The topological polar surface area (TPSA) is 87.8 Å². The number of nitrogens with zero attached hydrogens (tertiary/aromatic N) is 3. The zero-order valence-corrected chi connectivity index (χ0v) is 13.6. The first kappa shape index (κ1) is 16.4. The largest absolute Gasteiger partial charge is 0.350 e. The van der Waals surface area contributed by atoms with Gasteiger partial charge in [0.2, 0.25) is 11.7 Å². The summed E-state index contributed by atoms with van der Waals surface area (Å²) in [5, 5.41) is 16.8. The molecule has 1 aromatic heterocycles. The molecule has 1 heterocycles. The van der Waals surface area contributed by atoms with Gasteiger partial charge in [-0.2, -0.15) is 10.4 Å². The number of carbonyl (C=O) groups is 2. The number of carbonyl (C=O) groups excluding carboxylic acids is 2. The number of nitriles is 1. The van der Waals surface area contributed by atoms with E-state index in [1.165, 1.54) is 0 Å². The number of Topliss-reactive ketones (excluding diaryl/α,β-unsaturated/α-hetero) is 1. The van der Waals surface area contributed by atoms with Gasteiger partial charge in [-0.15, -0.1) is 0 Å². The third-order valence-electron chi connectivity index (χ3n) is 3.95. The number of hydrogen-bond acceptors (Lipinski definition) is 4. The molecule has 1 amide bonds. The van der Waals surface area contributed by atoms with Crippen LogP contribution in [0.2, 0.25) is 0 Å². The van der Waals surface area contributed by atoms with Crippen LogP contribution in [0.1, 0.15) is 16.1 Å². The normalized spacial score (nSPS) is 11.7. The fourth-order valence-electron chi connectivity index (χ4n) is 2.66. The van der Waals surface area contributed by atoms with E-state index in [0.717, 1.165) is 11.1 Å². The first-order valence-corrected chi connectivity index (χ1v) is 7.79. The van der Waals surface area contributed by atoms with Crippen LogP contribution in [0.25, 0.3) is 10.9 Å². The van der Waals surface area contributed by atoms with Crippen LogP contribution in [-0.2, 0) is 18.4 Å². The van der Waals surface area contributed by atoms with E-state index in [4.69, 9.17) is 0 Å². The van der Waals surface area contributed by atoms with E-state index < -0.39 is 17.6 Å². The SMILES string of the molecule is Cn1nc(C(=O)C(C#N)C(=O)NCc2ccccc2)c2ccccc21. The van der Waals surface area contributed by atoms with Gasteiger partial charge in [0, 0.05) is 19.0 Å². The Bertz CT molecular complexity index is 970. The Morgan fingerprint density at radius 3 is 2.56 bits per heavy atom. The molecule has 3 aromatic rings. The van der Waals surface area contributed by atoms with Crippen LogP contribution in [0.4, 0.5) is 0 Å². The van der Waals surface area contributed by atoms with E-state index in [9.17, 15) is 14.9 Å². The third kappa shape index (κ3) is 3.26. The lowest BCUT2D eigenvalue weighted by Gasteiger charge is -2.08. The number of benzene rings is 2. The molecule has 0 bridgehead atoms. The number of fused-ring (bicyclic) bond motifs is 1. The van der Waals surface area contributed by atoms with Crippen molar-refractivity contribution in [3.8, 4) is 6.07 Å². The van der Waals surface area contributed by atoms with E-state index >= 15 is 0 Å². The number of rotatable bonds is 5. The quantitative estimate of drug-likeness (QED) is 0.573. The molecule has 0 aliphatic heterocycles. The maximum absolute atomic E-state index is 12.7. The highest BCUT2D eigenvalue weighted by Gasteiger charge is 2.30. The fourth-order valence-corrected chi connectivity index (χ4v) is 2.66. The minimum Gasteiger partial charge on any atom is -0.350 e. The van der Waals surface area contributed by atoms with E-state index in [1.807, 2.05) is 42.5 Å². The lowest BCUT2D eigenvalue weighted by molar-refractivity contribution is -0.122. The lowest BCUT2D eigenvalue weighted by atomic mass is 10.00. The Morgan fingerprint density at radius 1 is 1.16 bits per heavy atom. The van der Waals surface area contributed by atoms with Gasteiger partial charge in [-0.3, -0.25) is 14.3 Å². The average Bonchev–Trinajstić information content (AvgIpc) is 2.98. The second-order valence-electron chi connectivity index (χ2n) is 5.62. The van der Waals surface area contributed by atoms with Gasteiger partial charge in [-0.25, -0.2) is 0 Å². The number of para-hydroxylation sites is 1. The molecule has 3 rings (SSSR count). The molecular weight excluding hydrogens is 316 g/mol. The number of aromatic nitrogens is 2. The van der Waals surface area contributed by atoms with Gasteiger partial charge in [-0.1, -0.05) is 48.5 Å². The van der Waals surface area contributed by atoms with Crippen molar-refractivity contribution in [2.45, 2.75) is 6.54 Å². The minimum atomic E-state index is -1.43. The highest BCUT2D eigenvalue weighted by molar-refractivity contribution is 6.16. The second kappa shape index (κ2) is 6.97. The van der Waals surface area contributed by atoms with Crippen molar-refractivity contribution in [1.82, 2.24) is 15.1 Å². The van der Waals surface area contributed by atoms with Gasteiger partial charge >= 0.3 is 0 Å². The van der Waals surface area contributed by atoms with E-state index in [2.05, 4.69) is 10.4 Å². The molecule has 0 radical (unpaired) electrons. The standard InChI is InChI=1S/C19H16N4O2/c1-23-16-10-6-5-9-14(16)17(22-23)18(24)15(11-20)19(25)21-12-13-7-3-2-4-8-13/h2-10,15H,12H2,1H3,(H,21,25). The maximum Gasteiger partial charge on any atom is 0.245 e. The summed E-state index contributed by atoms with van der Waals surface area (Å²) in [4.78, 5) is 25.0. The molecule has 25 heavy (non-hydrogen) atoms. The number of aryl methyl sites for hydroxylation is 1. The summed E-state index contributed by atoms with van der Waals surface area (Å²) in [7, 11) is 1.72. The van der Waals surface area contributed by atoms with Gasteiger partial charge < -0.3 is 5.32 Å². The summed E-state index contributed by atoms with van der Waals surface area (Å²) < 4.78 is 1.57. The highest BCUT2D eigenvalue weighted by atomic mass is 16.2. The molecule has 2 aromatic carbocycles. The minimum absolute atomic E-state index is 0.138. The van der Waals surface area contributed by atoms with Crippen LogP contribution in [-0.4, -0.2) is 21.5 Å². The second-order valence-corrected chi connectivity index (χ2v) is 5.62. The average molecular weight is 332 g/mol. The third-order valence-corrected chi connectivity index (χ3v) is 3.95. The molecule has 6 heteroatoms. The molecular formula is C19H16N4O2. The molecule has 0 aliphatic carbocycles. The van der Waals surface area contributed by atoms with Crippen molar-refractivity contribution in [2.24, 2.45) is 13.0 Å². The summed E-state index contributed by atoms with van der Waals surface area (Å²) in [6, 6.07) is 18.3. The molecule has 6 nitrogen and oxygen atoms in total. The fraction of sp³-hybridized carbons (Fsp3) is 0.158. The van der Waals surface area contributed by atoms with Gasteiger partial charge in [0.25, 0.3) is 0 Å². The first-order chi connectivity index (χ1) is 12.1. The van der Waals surface area contributed by atoms with Crippen molar-refractivity contribution in [1.29, 1.82) is 5.26 Å². The van der Waals surface area contributed by atoms with Crippen molar-refractivity contribution < 1.29 is 9.59 Å². The number of amides is 1. The van der Waals surface area contributed by atoms with Crippen LogP contribution < -0.4 is 5.32 Å².